The average molecular weight is 418 g/mol. The lowest BCUT2D eigenvalue weighted by atomic mass is 10.0. The van der Waals surface area contributed by atoms with Gasteiger partial charge < -0.3 is 15.1 Å². The van der Waals surface area contributed by atoms with Gasteiger partial charge in [0, 0.05) is 25.2 Å². The van der Waals surface area contributed by atoms with Crippen LogP contribution in [0.4, 0.5) is 5.69 Å². The van der Waals surface area contributed by atoms with Crippen molar-refractivity contribution in [1.29, 1.82) is 0 Å². The minimum Gasteiger partial charge on any atom is -0.595 e. The van der Waals surface area contributed by atoms with Gasteiger partial charge in [-0.3, -0.25) is 9.69 Å². The number of phenolic OH excluding ortho intramolecular Hbond substituents is 1. The number of carbonyl (C=O) groups is 1. The summed E-state index contributed by atoms with van der Waals surface area (Å²) in [7, 11) is 1.93. The molecule has 0 saturated heterocycles. The number of allylic oxidation sites excluding steroid dienone is 1. The molecule has 3 N–H and O–H groups in total. The van der Waals surface area contributed by atoms with Crippen molar-refractivity contribution in [3.63, 3.8) is 0 Å². The van der Waals surface area contributed by atoms with Crippen molar-refractivity contribution in [2.24, 2.45) is 0 Å². The minimum absolute atomic E-state index is 0.0561. The van der Waals surface area contributed by atoms with E-state index < -0.39 is 5.23 Å². The summed E-state index contributed by atoms with van der Waals surface area (Å²) in [6.45, 7) is 1.06. The summed E-state index contributed by atoms with van der Waals surface area (Å²) >= 11 is 0. The maximum absolute atomic E-state index is 12.9. The molecule has 4 rings (SSSR count). The van der Waals surface area contributed by atoms with Gasteiger partial charge in [0.2, 0.25) is 5.78 Å². The van der Waals surface area contributed by atoms with E-state index in [4.69, 9.17) is 9.94 Å². The molecule has 158 valence electrons. The fourth-order valence-corrected chi connectivity index (χ4v) is 3.58. The Bertz CT molecular complexity index is 1140. The second-order valence-electron chi connectivity index (χ2n) is 7.47. The maximum atomic E-state index is 12.9. The molecule has 0 spiro atoms. The van der Waals surface area contributed by atoms with Crippen LogP contribution in [0.15, 0.2) is 72.5 Å². The zero-order valence-corrected chi connectivity index (χ0v) is 16.9. The van der Waals surface area contributed by atoms with Crippen LogP contribution >= 0.6 is 0 Å². The van der Waals surface area contributed by atoms with Gasteiger partial charge in [0.25, 0.3) is 0 Å². The third kappa shape index (κ3) is 4.50. The number of nitrogens with one attached hydrogen (secondary N) is 1. The predicted molar refractivity (Wildman–Crippen MR) is 115 cm³/mol. The number of quaternary nitrogens is 1. The Morgan fingerprint density at radius 3 is 2.58 bits per heavy atom. The summed E-state index contributed by atoms with van der Waals surface area (Å²) in [5, 5.41) is 29.8. The number of carbonyl (C=O) groups excluding carboxylic acids is 1. The molecule has 0 aromatic heterocycles. The molecule has 0 bridgehead atoms. The Morgan fingerprint density at radius 1 is 1.06 bits per heavy atom. The summed E-state index contributed by atoms with van der Waals surface area (Å²) in [6.07, 6.45) is 1.52. The lowest BCUT2D eigenvalue weighted by Crippen LogP contribution is -2.99. The quantitative estimate of drug-likeness (QED) is 0.421. The Labute approximate surface area is 179 Å². The first-order chi connectivity index (χ1) is 14.9. The molecule has 3 aromatic carbocycles. The number of aromatic hydroxyl groups is 1. The highest BCUT2D eigenvalue weighted by atomic mass is 16.8. The standard InChI is InChI=1S/C24H22N2O5/c1-25(14-16-6-3-2-4-7-16)15-20-21(27)11-10-19-23(28)22(31-24(19)20)13-17-8-5-9-18(12-17)26(29)30/h2-13,26-27,29H,14-15H2,1H3. The van der Waals surface area contributed by atoms with Gasteiger partial charge in [-0.25, -0.2) is 5.21 Å². The van der Waals surface area contributed by atoms with Crippen LogP contribution in [0, 0.1) is 5.21 Å². The normalized spacial score (nSPS) is 15.2. The van der Waals surface area contributed by atoms with E-state index in [1.165, 1.54) is 24.3 Å². The Morgan fingerprint density at radius 2 is 1.84 bits per heavy atom. The predicted octanol–water partition coefficient (Wildman–Crippen LogP) is 3.04. The van der Waals surface area contributed by atoms with E-state index in [-0.39, 0.29) is 23.0 Å². The molecule has 1 heterocycles. The fourth-order valence-electron chi connectivity index (χ4n) is 3.58. The molecule has 31 heavy (non-hydrogen) atoms. The lowest BCUT2D eigenvalue weighted by Gasteiger charge is -2.19. The van der Waals surface area contributed by atoms with Gasteiger partial charge in [-0.1, -0.05) is 42.5 Å². The van der Waals surface area contributed by atoms with E-state index in [1.54, 1.807) is 18.2 Å². The van der Waals surface area contributed by atoms with Crippen molar-refractivity contribution in [2.45, 2.75) is 13.1 Å². The molecule has 0 saturated carbocycles. The van der Waals surface area contributed by atoms with Gasteiger partial charge in [-0.2, -0.15) is 5.23 Å². The first-order valence-electron chi connectivity index (χ1n) is 9.77. The SMILES string of the molecule is CN(Cc1ccccc1)Cc1c(O)ccc2c1OC(=Cc1cccc([NH+]([O-])O)c1)C2=O. The van der Waals surface area contributed by atoms with Crippen LogP contribution < -0.4 is 9.96 Å². The molecule has 7 nitrogen and oxygen atoms in total. The highest BCUT2D eigenvalue weighted by Crippen LogP contribution is 2.40. The zero-order valence-electron chi connectivity index (χ0n) is 16.9. The first kappa shape index (κ1) is 20.8. The molecule has 0 radical (unpaired) electrons. The molecule has 0 amide bonds. The number of phenols is 1. The van der Waals surface area contributed by atoms with Crippen molar-refractivity contribution >= 4 is 17.5 Å². The second-order valence-corrected chi connectivity index (χ2v) is 7.47. The van der Waals surface area contributed by atoms with E-state index in [9.17, 15) is 15.1 Å². The van der Waals surface area contributed by atoms with Gasteiger partial charge in [0.15, 0.2) is 11.4 Å². The minimum atomic E-state index is -1.05. The summed E-state index contributed by atoms with van der Waals surface area (Å²) < 4.78 is 5.86. The summed E-state index contributed by atoms with van der Waals surface area (Å²) in [6, 6.07) is 19.3. The number of benzene rings is 3. The van der Waals surface area contributed by atoms with Crippen LogP contribution in [0.3, 0.4) is 0 Å². The Hall–Kier alpha value is -3.49. The van der Waals surface area contributed by atoms with Crippen LogP contribution in [-0.2, 0) is 13.1 Å². The van der Waals surface area contributed by atoms with Crippen molar-refractivity contribution in [3.05, 3.63) is 100.0 Å². The van der Waals surface area contributed by atoms with Crippen molar-refractivity contribution in [3.8, 4) is 11.5 Å². The lowest BCUT2D eigenvalue weighted by molar-refractivity contribution is -0.991. The van der Waals surface area contributed by atoms with Crippen LogP contribution in [0.1, 0.15) is 27.0 Å². The largest absolute Gasteiger partial charge is 0.595 e. The average Bonchev–Trinajstić information content (AvgIpc) is 3.06. The molecular weight excluding hydrogens is 396 g/mol. The van der Waals surface area contributed by atoms with Crippen LogP contribution in [0.2, 0.25) is 0 Å². The number of hydrogen-bond acceptors (Lipinski definition) is 6. The molecule has 1 unspecified atom stereocenters. The van der Waals surface area contributed by atoms with Gasteiger partial charge in [-0.15, -0.1) is 0 Å². The van der Waals surface area contributed by atoms with Crippen LogP contribution in [0.25, 0.3) is 6.08 Å². The summed E-state index contributed by atoms with van der Waals surface area (Å²) in [5.41, 5.74) is 2.71. The van der Waals surface area contributed by atoms with E-state index in [2.05, 4.69) is 0 Å². The highest BCUT2D eigenvalue weighted by molar-refractivity contribution is 6.15. The number of Topliss-reactive ketones (excluding diaryl/α,β-unsaturated/α-hetero) is 1. The molecule has 0 aliphatic carbocycles. The van der Waals surface area contributed by atoms with Crippen molar-refractivity contribution < 1.29 is 25.1 Å². The monoisotopic (exact) mass is 418 g/mol. The van der Waals surface area contributed by atoms with Gasteiger partial charge >= 0.3 is 0 Å². The van der Waals surface area contributed by atoms with E-state index in [0.29, 0.717) is 35.5 Å². The second kappa shape index (κ2) is 8.71. The van der Waals surface area contributed by atoms with Gasteiger partial charge in [-0.05, 0) is 36.4 Å². The number of hydrogen-bond donors (Lipinski definition) is 3. The topological polar surface area (TPSA) is 97.5 Å². The molecule has 7 heteroatoms. The zero-order chi connectivity index (χ0) is 22.0. The van der Waals surface area contributed by atoms with Crippen LogP contribution in [-0.4, -0.2) is 28.0 Å². The molecule has 1 atom stereocenters. The molecule has 0 fully saturated rings. The van der Waals surface area contributed by atoms with Crippen LogP contribution in [0.5, 0.6) is 11.5 Å². The first-order valence-corrected chi connectivity index (χ1v) is 9.77. The molecule has 1 aliphatic heterocycles. The molecule has 3 aromatic rings. The fraction of sp³-hybridized carbons (Fsp3) is 0.125. The number of ether oxygens (including phenoxy) is 1. The Balaban J connectivity index is 1.60. The van der Waals surface area contributed by atoms with Crippen molar-refractivity contribution in [1.82, 2.24) is 4.90 Å². The number of fused-ring (bicyclic) bond motifs is 1. The third-order valence-electron chi connectivity index (χ3n) is 5.07. The molecule has 1 aliphatic rings. The Kier molecular flexibility index (Phi) is 5.83. The van der Waals surface area contributed by atoms with E-state index >= 15 is 0 Å². The maximum Gasteiger partial charge on any atom is 0.231 e. The van der Waals surface area contributed by atoms with Crippen molar-refractivity contribution in [2.75, 3.05) is 7.05 Å². The number of rotatable bonds is 6. The van der Waals surface area contributed by atoms with Gasteiger partial charge in [0.05, 0.1) is 11.1 Å². The van der Waals surface area contributed by atoms with E-state index in [0.717, 1.165) is 5.56 Å². The van der Waals surface area contributed by atoms with E-state index in [1.807, 2.05) is 42.3 Å². The summed E-state index contributed by atoms with van der Waals surface area (Å²) in [5.74, 6) is 0.184. The highest BCUT2D eigenvalue weighted by Gasteiger charge is 2.31. The smallest absolute Gasteiger partial charge is 0.231 e. The number of ketones is 1. The van der Waals surface area contributed by atoms with Gasteiger partial charge in [0.1, 0.15) is 11.5 Å². The third-order valence-corrected chi connectivity index (χ3v) is 5.07. The number of nitrogens with zero attached hydrogens (tertiary/aromatic N) is 1. The summed E-state index contributed by atoms with van der Waals surface area (Å²) in [4.78, 5) is 14.9. The molecular formula is C24H22N2O5.